The molecule has 1 aromatic carbocycles. The van der Waals surface area contributed by atoms with Crippen molar-refractivity contribution in [2.45, 2.75) is 26.8 Å². The van der Waals surface area contributed by atoms with E-state index in [9.17, 15) is 0 Å². The van der Waals surface area contributed by atoms with E-state index in [0.29, 0.717) is 5.82 Å². The molecule has 0 bridgehead atoms. The van der Waals surface area contributed by atoms with E-state index in [1.54, 1.807) is 0 Å². The van der Waals surface area contributed by atoms with E-state index in [1.165, 1.54) is 5.56 Å². The lowest BCUT2D eigenvalue weighted by Crippen LogP contribution is -2.05. The summed E-state index contributed by atoms with van der Waals surface area (Å²) < 4.78 is 1.85. The van der Waals surface area contributed by atoms with E-state index in [4.69, 9.17) is 5.73 Å². The number of nitrogen functional groups attached to an aromatic ring is 1. The Morgan fingerprint density at radius 1 is 1.31 bits per heavy atom. The van der Waals surface area contributed by atoms with Crippen LogP contribution < -0.4 is 5.73 Å². The Bertz CT molecular complexity index is 499. The standard InChI is InChI=1S/C12H16N4/c1-8(2)16-11(12(13)14-15-16)10-6-4-5-9(3)7-10/h4-8H,13H2,1-3H3. The average Bonchev–Trinajstić information content (AvgIpc) is 2.60. The molecule has 0 fully saturated rings. The zero-order chi connectivity index (χ0) is 11.7. The summed E-state index contributed by atoms with van der Waals surface area (Å²) in [6, 6.07) is 8.44. The monoisotopic (exact) mass is 216 g/mol. The van der Waals surface area contributed by atoms with Gasteiger partial charge in [-0.25, -0.2) is 4.68 Å². The molecule has 0 unspecified atom stereocenters. The van der Waals surface area contributed by atoms with Gasteiger partial charge in [0.1, 0.15) is 5.69 Å². The number of nitrogens with two attached hydrogens (primary N) is 1. The molecular formula is C12H16N4. The van der Waals surface area contributed by atoms with Gasteiger partial charge < -0.3 is 5.73 Å². The number of benzene rings is 1. The topological polar surface area (TPSA) is 56.7 Å². The third kappa shape index (κ3) is 1.78. The lowest BCUT2D eigenvalue weighted by Gasteiger charge is -2.10. The van der Waals surface area contributed by atoms with E-state index >= 15 is 0 Å². The second-order valence-corrected chi connectivity index (χ2v) is 4.23. The SMILES string of the molecule is Cc1cccc(-c2c(N)nnn2C(C)C)c1. The van der Waals surface area contributed by atoms with Gasteiger partial charge >= 0.3 is 0 Å². The number of aromatic nitrogens is 3. The van der Waals surface area contributed by atoms with E-state index < -0.39 is 0 Å². The highest BCUT2D eigenvalue weighted by molar-refractivity contribution is 5.70. The third-order valence-corrected chi connectivity index (χ3v) is 2.50. The minimum atomic E-state index is 0.250. The van der Waals surface area contributed by atoms with Crippen LogP contribution in [0.15, 0.2) is 24.3 Å². The van der Waals surface area contributed by atoms with Gasteiger partial charge in [-0.1, -0.05) is 29.0 Å². The van der Waals surface area contributed by atoms with Crippen LogP contribution in [-0.2, 0) is 0 Å². The lowest BCUT2D eigenvalue weighted by atomic mass is 10.1. The molecule has 2 aromatic rings. The summed E-state index contributed by atoms with van der Waals surface area (Å²) in [5.41, 5.74) is 9.04. The Morgan fingerprint density at radius 2 is 2.06 bits per heavy atom. The molecule has 0 spiro atoms. The Hall–Kier alpha value is -1.84. The summed E-state index contributed by atoms with van der Waals surface area (Å²) >= 11 is 0. The Balaban J connectivity index is 2.59. The molecule has 0 saturated carbocycles. The second kappa shape index (κ2) is 3.96. The Kier molecular flexibility index (Phi) is 2.64. The van der Waals surface area contributed by atoms with Gasteiger partial charge in [-0.2, -0.15) is 0 Å². The molecule has 0 saturated heterocycles. The number of aryl methyl sites for hydroxylation is 1. The maximum atomic E-state index is 5.87. The quantitative estimate of drug-likeness (QED) is 0.838. The predicted octanol–water partition coefficient (Wildman–Crippen LogP) is 2.42. The molecule has 4 nitrogen and oxygen atoms in total. The Labute approximate surface area is 95.1 Å². The summed E-state index contributed by atoms with van der Waals surface area (Å²) in [7, 11) is 0. The average molecular weight is 216 g/mol. The molecule has 0 aliphatic rings. The third-order valence-electron chi connectivity index (χ3n) is 2.50. The number of hydrogen-bond acceptors (Lipinski definition) is 3. The first-order valence-electron chi connectivity index (χ1n) is 5.37. The van der Waals surface area contributed by atoms with Crippen molar-refractivity contribution in [2.24, 2.45) is 0 Å². The van der Waals surface area contributed by atoms with Crippen LogP contribution in [0.25, 0.3) is 11.3 Å². The van der Waals surface area contributed by atoms with Crippen LogP contribution in [-0.4, -0.2) is 15.0 Å². The van der Waals surface area contributed by atoms with Crippen LogP contribution in [0.2, 0.25) is 0 Å². The highest BCUT2D eigenvalue weighted by atomic mass is 15.5. The van der Waals surface area contributed by atoms with Crippen molar-refractivity contribution in [3.63, 3.8) is 0 Å². The first-order chi connectivity index (χ1) is 7.59. The molecule has 4 heteroatoms. The highest BCUT2D eigenvalue weighted by Crippen LogP contribution is 2.26. The minimum Gasteiger partial charge on any atom is -0.380 e. The first-order valence-corrected chi connectivity index (χ1v) is 5.37. The van der Waals surface area contributed by atoms with E-state index in [-0.39, 0.29) is 6.04 Å². The number of anilines is 1. The number of rotatable bonds is 2. The Morgan fingerprint density at radius 3 is 2.69 bits per heavy atom. The van der Waals surface area contributed by atoms with Crippen LogP contribution in [0, 0.1) is 6.92 Å². The van der Waals surface area contributed by atoms with Gasteiger partial charge in [0.25, 0.3) is 0 Å². The van der Waals surface area contributed by atoms with Crippen LogP contribution in [0.3, 0.4) is 0 Å². The predicted molar refractivity (Wildman–Crippen MR) is 65.0 cm³/mol. The van der Waals surface area contributed by atoms with Crippen LogP contribution in [0.4, 0.5) is 5.82 Å². The maximum absolute atomic E-state index is 5.87. The van der Waals surface area contributed by atoms with Crippen LogP contribution >= 0.6 is 0 Å². The fourth-order valence-corrected chi connectivity index (χ4v) is 1.74. The van der Waals surface area contributed by atoms with Crippen molar-refractivity contribution in [3.05, 3.63) is 29.8 Å². The van der Waals surface area contributed by atoms with E-state index in [1.807, 2.05) is 16.8 Å². The molecule has 0 amide bonds. The van der Waals surface area contributed by atoms with Gasteiger partial charge in [0.05, 0.1) is 0 Å². The molecule has 2 N–H and O–H groups in total. The van der Waals surface area contributed by atoms with Crippen LogP contribution in [0.5, 0.6) is 0 Å². The smallest absolute Gasteiger partial charge is 0.174 e. The van der Waals surface area contributed by atoms with Crippen molar-refractivity contribution >= 4 is 5.82 Å². The van der Waals surface area contributed by atoms with E-state index in [0.717, 1.165) is 11.3 Å². The molecule has 0 aliphatic carbocycles. The largest absolute Gasteiger partial charge is 0.380 e. The number of nitrogens with zero attached hydrogens (tertiary/aromatic N) is 3. The molecule has 1 heterocycles. The zero-order valence-corrected chi connectivity index (χ0v) is 9.81. The maximum Gasteiger partial charge on any atom is 0.174 e. The van der Waals surface area contributed by atoms with Crippen molar-refractivity contribution < 1.29 is 0 Å². The van der Waals surface area contributed by atoms with Crippen molar-refractivity contribution in [3.8, 4) is 11.3 Å². The van der Waals surface area contributed by atoms with Gasteiger partial charge in [-0.15, -0.1) is 5.10 Å². The molecular weight excluding hydrogens is 200 g/mol. The molecule has 84 valence electrons. The first kappa shape index (κ1) is 10.7. The van der Waals surface area contributed by atoms with E-state index in [2.05, 4.69) is 43.2 Å². The molecule has 0 atom stereocenters. The number of hydrogen-bond donors (Lipinski definition) is 1. The van der Waals surface area contributed by atoms with Crippen molar-refractivity contribution in [1.29, 1.82) is 0 Å². The second-order valence-electron chi connectivity index (χ2n) is 4.23. The van der Waals surface area contributed by atoms with Gasteiger partial charge in [0.15, 0.2) is 5.82 Å². The summed E-state index contributed by atoms with van der Waals surface area (Å²) in [5.74, 6) is 0.485. The fourth-order valence-electron chi connectivity index (χ4n) is 1.74. The molecule has 2 rings (SSSR count). The summed E-state index contributed by atoms with van der Waals surface area (Å²) in [4.78, 5) is 0. The van der Waals surface area contributed by atoms with Gasteiger partial charge in [-0.05, 0) is 26.8 Å². The fraction of sp³-hybridized carbons (Fsp3) is 0.333. The van der Waals surface area contributed by atoms with Crippen molar-refractivity contribution in [2.75, 3.05) is 5.73 Å². The van der Waals surface area contributed by atoms with Gasteiger partial charge in [0, 0.05) is 11.6 Å². The normalized spacial score (nSPS) is 11.0. The minimum absolute atomic E-state index is 0.250. The molecule has 16 heavy (non-hydrogen) atoms. The van der Waals surface area contributed by atoms with Gasteiger partial charge in [0.2, 0.25) is 0 Å². The molecule has 0 aliphatic heterocycles. The lowest BCUT2D eigenvalue weighted by molar-refractivity contribution is 0.519. The highest BCUT2D eigenvalue weighted by Gasteiger charge is 2.14. The van der Waals surface area contributed by atoms with Crippen molar-refractivity contribution in [1.82, 2.24) is 15.0 Å². The summed E-state index contributed by atoms with van der Waals surface area (Å²) in [6.45, 7) is 6.18. The van der Waals surface area contributed by atoms with Crippen LogP contribution in [0.1, 0.15) is 25.5 Å². The van der Waals surface area contributed by atoms with Gasteiger partial charge in [-0.3, -0.25) is 0 Å². The molecule has 1 aromatic heterocycles. The summed E-state index contributed by atoms with van der Waals surface area (Å²) in [5, 5.41) is 8.00. The molecule has 0 radical (unpaired) electrons. The zero-order valence-electron chi connectivity index (χ0n) is 9.81. The summed E-state index contributed by atoms with van der Waals surface area (Å²) in [6.07, 6.45) is 0.